The molecule has 0 aliphatic rings. The van der Waals surface area contributed by atoms with E-state index in [9.17, 15) is 4.79 Å². The van der Waals surface area contributed by atoms with Gasteiger partial charge in [-0.1, -0.05) is 0 Å². The highest BCUT2D eigenvalue weighted by molar-refractivity contribution is 7.09. The van der Waals surface area contributed by atoms with Gasteiger partial charge in [-0.15, -0.1) is 11.3 Å². The molecule has 0 aliphatic carbocycles. The standard InChI is InChI=1S/C12H14N4O2S/c1-3-18-11(17)9-6-14-12(16-8(9)2)15-7-10-13-4-5-19-10/h4-6H,3,7H2,1-2H3,(H,14,15,16). The predicted molar refractivity (Wildman–Crippen MR) is 72.2 cm³/mol. The average molecular weight is 278 g/mol. The first-order chi connectivity index (χ1) is 9.20. The van der Waals surface area contributed by atoms with Gasteiger partial charge in [0.05, 0.1) is 24.4 Å². The second-order valence-corrected chi connectivity index (χ2v) is 4.67. The maximum Gasteiger partial charge on any atom is 0.341 e. The van der Waals surface area contributed by atoms with Crippen molar-refractivity contribution in [2.24, 2.45) is 0 Å². The molecule has 2 aromatic rings. The average Bonchev–Trinajstić information content (AvgIpc) is 2.89. The molecule has 0 spiro atoms. The van der Waals surface area contributed by atoms with Crippen LogP contribution in [0.4, 0.5) is 5.95 Å². The van der Waals surface area contributed by atoms with E-state index in [0.717, 1.165) is 5.01 Å². The summed E-state index contributed by atoms with van der Waals surface area (Å²) in [6, 6.07) is 0. The third-order valence-electron chi connectivity index (χ3n) is 2.36. The van der Waals surface area contributed by atoms with Crippen molar-refractivity contribution in [1.82, 2.24) is 15.0 Å². The number of anilines is 1. The Balaban J connectivity index is 2.04. The van der Waals surface area contributed by atoms with Crippen molar-refractivity contribution in [2.45, 2.75) is 20.4 Å². The molecule has 1 N–H and O–H groups in total. The molecule has 0 atom stereocenters. The van der Waals surface area contributed by atoms with Crippen molar-refractivity contribution >= 4 is 23.3 Å². The van der Waals surface area contributed by atoms with E-state index in [1.54, 1.807) is 31.4 Å². The third kappa shape index (κ3) is 3.47. The number of hydrogen-bond donors (Lipinski definition) is 1. The van der Waals surface area contributed by atoms with Gasteiger partial charge < -0.3 is 10.1 Å². The molecule has 0 aromatic carbocycles. The fraction of sp³-hybridized carbons (Fsp3) is 0.333. The van der Waals surface area contributed by atoms with Crippen LogP contribution < -0.4 is 5.32 Å². The number of rotatable bonds is 5. The summed E-state index contributed by atoms with van der Waals surface area (Å²) in [5, 5.41) is 5.92. The van der Waals surface area contributed by atoms with Crippen LogP contribution in [0.1, 0.15) is 28.0 Å². The lowest BCUT2D eigenvalue weighted by molar-refractivity contribution is 0.0524. The van der Waals surface area contributed by atoms with Crippen molar-refractivity contribution in [2.75, 3.05) is 11.9 Å². The first-order valence-corrected chi connectivity index (χ1v) is 6.71. The van der Waals surface area contributed by atoms with Crippen molar-refractivity contribution in [3.63, 3.8) is 0 Å². The Labute approximate surface area is 114 Å². The van der Waals surface area contributed by atoms with Gasteiger partial charge in [0.1, 0.15) is 5.01 Å². The molecule has 0 aliphatic heterocycles. The minimum Gasteiger partial charge on any atom is -0.462 e. The summed E-state index contributed by atoms with van der Waals surface area (Å²) >= 11 is 1.56. The number of carbonyl (C=O) groups is 1. The minimum atomic E-state index is -0.397. The molecule has 0 saturated heterocycles. The number of nitrogens with one attached hydrogen (secondary N) is 1. The van der Waals surface area contributed by atoms with Crippen molar-refractivity contribution < 1.29 is 9.53 Å². The van der Waals surface area contributed by atoms with Crippen LogP contribution in [0.15, 0.2) is 17.8 Å². The Bertz CT molecular complexity index is 557. The highest BCUT2D eigenvalue weighted by Crippen LogP contribution is 2.10. The summed E-state index contributed by atoms with van der Waals surface area (Å²) in [5.41, 5.74) is 0.983. The second kappa shape index (κ2) is 6.24. The summed E-state index contributed by atoms with van der Waals surface area (Å²) in [6.45, 7) is 4.42. The monoisotopic (exact) mass is 278 g/mol. The molecule has 2 heterocycles. The minimum absolute atomic E-state index is 0.336. The van der Waals surface area contributed by atoms with Gasteiger partial charge in [-0.05, 0) is 13.8 Å². The van der Waals surface area contributed by atoms with E-state index in [2.05, 4.69) is 20.3 Å². The van der Waals surface area contributed by atoms with Crippen LogP contribution in [-0.2, 0) is 11.3 Å². The Morgan fingerprint density at radius 1 is 1.47 bits per heavy atom. The number of thiazole rings is 1. The van der Waals surface area contributed by atoms with Gasteiger partial charge >= 0.3 is 5.97 Å². The molecule has 0 radical (unpaired) electrons. The lowest BCUT2D eigenvalue weighted by Gasteiger charge is -2.07. The van der Waals surface area contributed by atoms with Gasteiger partial charge in [0.25, 0.3) is 0 Å². The summed E-state index contributed by atoms with van der Waals surface area (Å²) in [6.07, 6.45) is 3.22. The molecule has 0 fully saturated rings. The second-order valence-electron chi connectivity index (χ2n) is 3.69. The zero-order valence-corrected chi connectivity index (χ0v) is 11.5. The molecule has 0 unspecified atom stereocenters. The Hall–Kier alpha value is -2.02. The molecule has 2 rings (SSSR count). The number of esters is 1. The van der Waals surface area contributed by atoms with Crippen LogP contribution >= 0.6 is 11.3 Å². The first kappa shape index (κ1) is 13.4. The molecule has 7 heteroatoms. The molecular formula is C12H14N4O2S. The Morgan fingerprint density at radius 2 is 2.32 bits per heavy atom. The number of hydrogen-bond acceptors (Lipinski definition) is 7. The zero-order chi connectivity index (χ0) is 13.7. The van der Waals surface area contributed by atoms with Crippen LogP contribution in [0.5, 0.6) is 0 Å². The smallest absolute Gasteiger partial charge is 0.341 e. The van der Waals surface area contributed by atoms with Crippen LogP contribution in [0.2, 0.25) is 0 Å². The van der Waals surface area contributed by atoms with E-state index in [-0.39, 0.29) is 0 Å². The molecular weight excluding hydrogens is 264 g/mol. The molecule has 0 amide bonds. The normalized spacial score (nSPS) is 10.2. The van der Waals surface area contributed by atoms with E-state index in [0.29, 0.717) is 30.4 Å². The fourth-order valence-corrected chi connectivity index (χ4v) is 2.01. The van der Waals surface area contributed by atoms with Crippen molar-refractivity contribution in [1.29, 1.82) is 0 Å². The summed E-state index contributed by atoms with van der Waals surface area (Å²) < 4.78 is 4.92. The summed E-state index contributed by atoms with van der Waals surface area (Å²) in [5.74, 6) is 0.0761. The lowest BCUT2D eigenvalue weighted by Crippen LogP contribution is -2.11. The van der Waals surface area contributed by atoms with Crippen LogP contribution in [-0.4, -0.2) is 27.5 Å². The zero-order valence-electron chi connectivity index (χ0n) is 10.7. The highest BCUT2D eigenvalue weighted by Gasteiger charge is 2.12. The third-order valence-corrected chi connectivity index (χ3v) is 3.14. The number of aryl methyl sites for hydroxylation is 1. The molecule has 2 aromatic heterocycles. The maximum absolute atomic E-state index is 11.6. The molecule has 100 valence electrons. The summed E-state index contributed by atoms with van der Waals surface area (Å²) in [7, 11) is 0. The van der Waals surface area contributed by atoms with Gasteiger partial charge in [-0.25, -0.2) is 19.7 Å². The number of aromatic nitrogens is 3. The van der Waals surface area contributed by atoms with Gasteiger partial charge in [0.2, 0.25) is 5.95 Å². The van der Waals surface area contributed by atoms with Gasteiger partial charge in [0, 0.05) is 17.8 Å². The van der Waals surface area contributed by atoms with Crippen LogP contribution in [0.25, 0.3) is 0 Å². The van der Waals surface area contributed by atoms with E-state index in [1.165, 1.54) is 6.20 Å². The lowest BCUT2D eigenvalue weighted by atomic mass is 10.2. The Kier molecular flexibility index (Phi) is 4.40. The largest absolute Gasteiger partial charge is 0.462 e. The summed E-state index contributed by atoms with van der Waals surface area (Å²) in [4.78, 5) is 24.1. The van der Waals surface area contributed by atoms with Crippen LogP contribution in [0, 0.1) is 6.92 Å². The van der Waals surface area contributed by atoms with Crippen LogP contribution in [0.3, 0.4) is 0 Å². The SMILES string of the molecule is CCOC(=O)c1cnc(NCc2nccs2)nc1C. The van der Waals surface area contributed by atoms with E-state index >= 15 is 0 Å². The topological polar surface area (TPSA) is 77.0 Å². The van der Waals surface area contributed by atoms with E-state index in [1.807, 2.05) is 5.38 Å². The van der Waals surface area contributed by atoms with E-state index < -0.39 is 5.97 Å². The Morgan fingerprint density at radius 3 is 2.95 bits per heavy atom. The number of nitrogens with zero attached hydrogens (tertiary/aromatic N) is 3. The molecule has 0 saturated carbocycles. The van der Waals surface area contributed by atoms with Gasteiger partial charge in [-0.2, -0.15) is 0 Å². The number of ether oxygens (including phenoxy) is 1. The van der Waals surface area contributed by atoms with Gasteiger partial charge in [-0.3, -0.25) is 0 Å². The van der Waals surface area contributed by atoms with Crippen molar-refractivity contribution in [3.05, 3.63) is 34.0 Å². The molecule has 6 nitrogen and oxygen atoms in total. The molecule has 0 bridgehead atoms. The maximum atomic E-state index is 11.6. The number of carbonyl (C=O) groups excluding carboxylic acids is 1. The van der Waals surface area contributed by atoms with Crippen molar-refractivity contribution in [3.8, 4) is 0 Å². The van der Waals surface area contributed by atoms with E-state index in [4.69, 9.17) is 4.74 Å². The molecule has 19 heavy (non-hydrogen) atoms. The first-order valence-electron chi connectivity index (χ1n) is 5.83. The fourth-order valence-electron chi connectivity index (χ4n) is 1.46. The highest BCUT2D eigenvalue weighted by atomic mass is 32.1. The quantitative estimate of drug-likeness (QED) is 0.843. The van der Waals surface area contributed by atoms with Gasteiger partial charge in [0.15, 0.2) is 0 Å². The predicted octanol–water partition coefficient (Wildman–Crippen LogP) is 2.03.